The summed E-state index contributed by atoms with van der Waals surface area (Å²) in [6, 6.07) is 0. The molecule has 1 aliphatic carbocycles. The van der Waals surface area contributed by atoms with Crippen molar-refractivity contribution in [3.8, 4) is 0 Å². The molecule has 0 bridgehead atoms. The molecule has 1 aliphatic rings. The lowest BCUT2D eigenvalue weighted by Crippen LogP contribution is -2.52. The van der Waals surface area contributed by atoms with Gasteiger partial charge in [-0.15, -0.1) is 0 Å². The van der Waals surface area contributed by atoms with E-state index in [1.54, 1.807) is 0 Å². The standard InChI is InChI=1S/C11H24N2/c1-4-11(6-5-7-11)13-9-8-10(2,3)12/h13H,4-9,12H2,1-3H3. The van der Waals surface area contributed by atoms with Gasteiger partial charge in [0.2, 0.25) is 0 Å². The summed E-state index contributed by atoms with van der Waals surface area (Å²) in [5.41, 5.74) is 6.38. The fourth-order valence-electron chi connectivity index (χ4n) is 1.91. The third-order valence-corrected chi connectivity index (χ3v) is 3.26. The maximum Gasteiger partial charge on any atom is 0.0178 e. The molecular weight excluding hydrogens is 160 g/mol. The van der Waals surface area contributed by atoms with Gasteiger partial charge in [0.05, 0.1) is 0 Å². The van der Waals surface area contributed by atoms with Crippen LogP contribution in [0.2, 0.25) is 0 Å². The molecule has 0 heterocycles. The second-order valence-electron chi connectivity index (χ2n) is 5.15. The van der Waals surface area contributed by atoms with Crippen LogP contribution in [0, 0.1) is 0 Å². The minimum absolute atomic E-state index is 0.0221. The van der Waals surface area contributed by atoms with E-state index in [4.69, 9.17) is 5.73 Å². The van der Waals surface area contributed by atoms with Crippen LogP contribution >= 0.6 is 0 Å². The van der Waals surface area contributed by atoms with Gasteiger partial charge in [0, 0.05) is 11.1 Å². The summed E-state index contributed by atoms with van der Waals surface area (Å²) in [5, 5.41) is 3.66. The number of hydrogen-bond acceptors (Lipinski definition) is 2. The van der Waals surface area contributed by atoms with Crippen LogP contribution in [0.3, 0.4) is 0 Å². The van der Waals surface area contributed by atoms with E-state index in [0.29, 0.717) is 5.54 Å². The predicted molar refractivity (Wildman–Crippen MR) is 57.8 cm³/mol. The van der Waals surface area contributed by atoms with Crippen molar-refractivity contribution in [2.45, 2.75) is 64.0 Å². The Hall–Kier alpha value is -0.0800. The Morgan fingerprint density at radius 1 is 1.38 bits per heavy atom. The third-order valence-electron chi connectivity index (χ3n) is 3.26. The van der Waals surface area contributed by atoms with Gasteiger partial charge in [-0.3, -0.25) is 0 Å². The molecular formula is C11H24N2. The molecule has 2 nitrogen and oxygen atoms in total. The van der Waals surface area contributed by atoms with Gasteiger partial charge in [0.15, 0.2) is 0 Å². The topological polar surface area (TPSA) is 38.0 Å². The molecule has 0 amide bonds. The van der Waals surface area contributed by atoms with Crippen molar-refractivity contribution < 1.29 is 0 Å². The van der Waals surface area contributed by atoms with Gasteiger partial charge in [-0.2, -0.15) is 0 Å². The Bertz CT molecular complexity index is 148. The highest BCUT2D eigenvalue weighted by Crippen LogP contribution is 2.34. The zero-order valence-corrected chi connectivity index (χ0v) is 9.32. The quantitative estimate of drug-likeness (QED) is 0.686. The van der Waals surface area contributed by atoms with Crippen LogP contribution in [0.15, 0.2) is 0 Å². The van der Waals surface area contributed by atoms with Crippen LogP contribution in [-0.4, -0.2) is 17.6 Å². The molecule has 1 rings (SSSR count). The van der Waals surface area contributed by atoms with Crippen molar-refractivity contribution in [2.24, 2.45) is 5.73 Å². The Kier molecular flexibility index (Phi) is 3.36. The van der Waals surface area contributed by atoms with Crippen molar-refractivity contribution in [3.63, 3.8) is 0 Å². The number of hydrogen-bond donors (Lipinski definition) is 2. The Balaban J connectivity index is 2.18. The molecule has 13 heavy (non-hydrogen) atoms. The van der Waals surface area contributed by atoms with Crippen LogP contribution in [0.5, 0.6) is 0 Å². The smallest absolute Gasteiger partial charge is 0.0178 e. The number of nitrogens with two attached hydrogens (primary N) is 1. The first-order valence-corrected chi connectivity index (χ1v) is 5.51. The lowest BCUT2D eigenvalue weighted by atomic mass is 9.74. The molecule has 2 heteroatoms. The summed E-state index contributed by atoms with van der Waals surface area (Å²) in [7, 11) is 0. The Morgan fingerprint density at radius 3 is 2.31 bits per heavy atom. The van der Waals surface area contributed by atoms with Crippen LogP contribution in [0.25, 0.3) is 0 Å². The Morgan fingerprint density at radius 2 is 2.00 bits per heavy atom. The second kappa shape index (κ2) is 3.97. The lowest BCUT2D eigenvalue weighted by molar-refractivity contribution is 0.173. The van der Waals surface area contributed by atoms with Gasteiger partial charge in [0.1, 0.15) is 0 Å². The normalized spacial score (nSPS) is 21.2. The van der Waals surface area contributed by atoms with Crippen LogP contribution < -0.4 is 11.1 Å². The molecule has 0 aliphatic heterocycles. The molecule has 0 radical (unpaired) electrons. The van der Waals surface area contributed by atoms with Gasteiger partial charge in [-0.05, 0) is 52.5 Å². The minimum Gasteiger partial charge on any atom is -0.326 e. The predicted octanol–water partition coefficient (Wildman–Crippen LogP) is 2.04. The molecule has 0 aromatic rings. The monoisotopic (exact) mass is 184 g/mol. The molecule has 0 aromatic carbocycles. The molecule has 1 saturated carbocycles. The van der Waals surface area contributed by atoms with Gasteiger partial charge >= 0.3 is 0 Å². The zero-order chi connectivity index (χ0) is 9.95. The minimum atomic E-state index is -0.0221. The highest BCUT2D eigenvalue weighted by Gasteiger charge is 2.34. The van der Waals surface area contributed by atoms with Crippen molar-refractivity contribution in [1.82, 2.24) is 5.32 Å². The highest BCUT2D eigenvalue weighted by molar-refractivity contribution is 4.94. The molecule has 0 aromatic heterocycles. The SMILES string of the molecule is CCC1(NCCC(C)(C)N)CCC1. The first kappa shape index (κ1) is 11.0. The first-order valence-electron chi connectivity index (χ1n) is 5.51. The van der Waals surface area contributed by atoms with E-state index in [1.165, 1.54) is 25.7 Å². The molecule has 3 N–H and O–H groups in total. The van der Waals surface area contributed by atoms with Gasteiger partial charge in [-0.25, -0.2) is 0 Å². The van der Waals surface area contributed by atoms with Crippen LogP contribution in [0.4, 0.5) is 0 Å². The fourth-order valence-corrected chi connectivity index (χ4v) is 1.91. The largest absolute Gasteiger partial charge is 0.326 e. The number of rotatable bonds is 5. The van der Waals surface area contributed by atoms with Crippen molar-refractivity contribution in [3.05, 3.63) is 0 Å². The van der Waals surface area contributed by atoms with E-state index in [9.17, 15) is 0 Å². The summed E-state index contributed by atoms with van der Waals surface area (Å²) >= 11 is 0. The van der Waals surface area contributed by atoms with E-state index in [2.05, 4.69) is 26.1 Å². The average Bonchev–Trinajstić information content (AvgIpc) is 1.92. The lowest BCUT2D eigenvalue weighted by Gasteiger charge is -2.43. The maximum atomic E-state index is 5.93. The fraction of sp³-hybridized carbons (Fsp3) is 1.00. The van der Waals surface area contributed by atoms with Crippen molar-refractivity contribution in [1.29, 1.82) is 0 Å². The third kappa shape index (κ3) is 3.28. The maximum absolute atomic E-state index is 5.93. The average molecular weight is 184 g/mol. The molecule has 1 fully saturated rings. The first-order chi connectivity index (χ1) is 5.97. The molecule has 0 atom stereocenters. The van der Waals surface area contributed by atoms with Crippen LogP contribution in [-0.2, 0) is 0 Å². The molecule has 0 unspecified atom stereocenters. The zero-order valence-electron chi connectivity index (χ0n) is 9.32. The van der Waals surface area contributed by atoms with Gasteiger partial charge < -0.3 is 11.1 Å². The second-order valence-corrected chi connectivity index (χ2v) is 5.15. The highest BCUT2D eigenvalue weighted by atomic mass is 15.0. The summed E-state index contributed by atoms with van der Waals surface area (Å²) in [4.78, 5) is 0. The van der Waals surface area contributed by atoms with E-state index in [1.807, 2.05) is 0 Å². The number of nitrogens with one attached hydrogen (secondary N) is 1. The van der Waals surface area contributed by atoms with E-state index in [-0.39, 0.29) is 5.54 Å². The summed E-state index contributed by atoms with van der Waals surface area (Å²) in [6.07, 6.45) is 6.43. The summed E-state index contributed by atoms with van der Waals surface area (Å²) in [5.74, 6) is 0. The molecule has 0 saturated heterocycles. The van der Waals surface area contributed by atoms with Crippen LogP contribution in [0.1, 0.15) is 52.9 Å². The Labute approximate surface area is 82.3 Å². The summed E-state index contributed by atoms with van der Waals surface area (Å²) in [6.45, 7) is 7.53. The van der Waals surface area contributed by atoms with Gasteiger partial charge in [0.25, 0.3) is 0 Å². The molecule has 0 spiro atoms. The van der Waals surface area contributed by atoms with Crippen molar-refractivity contribution >= 4 is 0 Å². The summed E-state index contributed by atoms with van der Waals surface area (Å²) < 4.78 is 0. The van der Waals surface area contributed by atoms with Crippen molar-refractivity contribution in [2.75, 3.05) is 6.54 Å². The molecule has 78 valence electrons. The van der Waals surface area contributed by atoms with E-state index < -0.39 is 0 Å². The van der Waals surface area contributed by atoms with Gasteiger partial charge in [-0.1, -0.05) is 6.92 Å². The van der Waals surface area contributed by atoms with E-state index >= 15 is 0 Å². The van der Waals surface area contributed by atoms with E-state index in [0.717, 1.165) is 13.0 Å².